The molecule has 3 aromatic carbocycles. The first kappa shape index (κ1) is 18.1. The maximum absolute atomic E-state index is 9.35. The van der Waals surface area contributed by atoms with Gasteiger partial charge in [0.1, 0.15) is 5.75 Å². The van der Waals surface area contributed by atoms with Gasteiger partial charge in [0.15, 0.2) is 0 Å². The zero-order valence-corrected chi connectivity index (χ0v) is 16.3. The number of rotatable bonds is 4. The third kappa shape index (κ3) is 3.49. The Balaban J connectivity index is 1.77. The maximum Gasteiger partial charge on any atom is 0.304 e. The van der Waals surface area contributed by atoms with Gasteiger partial charge < -0.3 is 9.76 Å². The van der Waals surface area contributed by atoms with Crippen LogP contribution >= 0.6 is 0 Å². The molecule has 0 aliphatic heterocycles. The maximum atomic E-state index is 9.35. The molecule has 0 unspecified atom stereocenters. The lowest BCUT2D eigenvalue weighted by molar-refractivity contribution is 0.304. The van der Waals surface area contributed by atoms with Crippen molar-refractivity contribution in [1.29, 1.82) is 0 Å². The van der Waals surface area contributed by atoms with Crippen molar-refractivity contribution >= 4 is 23.7 Å². The summed E-state index contributed by atoms with van der Waals surface area (Å²) in [5.41, 5.74) is 4.96. The molecule has 0 heterocycles. The molecule has 138 valence electrons. The van der Waals surface area contributed by atoms with Gasteiger partial charge in [-0.05, 0) is 58.4 Å². The molecule has 1 saturated carbocycles. The second-order valence-electron chi connectivity index (χ2n) is 8.09. The van der Waals surface area contributed by atoms with Crippen LogP contribution in [0.1, 0.15) is 44.6 Å². The van der Waals surface area contributed by atoms with E-state index in [0.29, 0.717) is 0 Å². The minimum absolute atomic E-state index is 0.0815. The number of benzene rings is 3. The molecular formula is C24H27BO2. The molecule has 1 aliphatic rings. The van der Waals surface area contributed by atoms with Gasteiger partial charge in [0.2, 0.25) is 0 Å². The van der Waals surface area contributed by atoms with E-state index in [4.69, 9.17) is 4.74 Å². The van der Waals surface area contributed by atoms with E-state index in [2.05, 4.69) is 55.5 Å². The van der Waals surface area contributed by atoms with Crippen molar-refractivity contribution in [2.45, 2.75) is 44.4 Å². The van der Waals surface area contributed by atoms with Crippen LogP contribution in [0.5, 0.6) is 5.75 Å². The summed E-state index contributed by atoms with van der Waals surface area (Å²) < 4.78 is 5.73. The first-order chi connectivity index (χ1) is 13.1. The van der Waals surface area contributed by atoms with E-state index in [9.17, 15) is 5.02 Å². The van der Waals surface area contributed by atoms with Gasteiger partial charge in [-0.1, -0.05) is 68.0 Å². The van der Waals surface area contributed by atoms with Crippen molar-refractivity contribution in [3.05, 3.63) is 60.2 Å². The van der Waals surface area contributed by atoms with Gasteiger partial charge in [0.25, 0.3) is 0 Å². The Morgan fingerprint density at radius 2 is 1.52 bits per heavy atom. The van der Waals surface area contributed by atoms with E-state index in [-0.39, 0.29) is 12.9 Å². The topological polar surface area (TPSA) is 29.5 Å². The van der Waals surface area contributed by atoms with Gasteiger partial charge in [-0.15, -0.1) is 0 Å². The summed E-state index contributed by atoms with van der Waals surface area (Å²) in [6.45, 7) is 2.39. The lowest BCUT2D eigenvalue weighted by atomic mass is 9.70. The molecule has 0 atom stereocenters. The Bertz CT molecular complexity index is 958. The van der Waals surface area contributed by atoms with Gasteiger partial charge in [0, 0.05) is 5.56 Å². The van der Waals surface area contributed by atoms with Gasteiger partial charge in [0.05, 0.1) is 7.11 Å². The zero-order chi connectivity index (χ0) is 18.9. The highest BCUT2D eigenvalue weighted by atomic mass is 16.5. The molecule has 1 fully saturated rings. The Morgan fingerprint density at radius 1 is 0.852 bits per heavy atom. The summed E-state index contributed by atoms with van der Waals surface area (Å²) in [5.74, 6) is 1.01. The third-order valence-corrected chi connectivity index (χ3v) is 6.23. The number of methoxy groups -OCH3 is 1. The fraction of sp³-hybridized carbons (Fsp3) is 0.333. The van der Waals surface area contributed by atoms with Gasteiger partial charge in [-0.3, -0.25) is 0 Å². The van der Waals surface area contributed by atoms with Crippen LogP contribution < -0.4 is 10.2 Å². The van der Waals surface area contributed by atoms with Crippen LogP contribution in [0, 0.1) is 0 Å². The molecule has 0 radical (unpaired) electrons. The largest absolute Gasteiger partial charge is 0.496 e. The molecule has 0 bridgehead atoms. The molecule has 3 aromatic rings. The molecule has 27 heavy (non-hydrogen) atoms. The lowest BCUT2D eigenvalue weighted by Gasteiger charge is -2.35. The summed E-state index contributed by atoms with van der Waals surface area (Å²) in [5, 5.41) is 11.7. The summed E-state index contributed by atoms with van der Waals surface area (Å²) in [6, 6.07) is 19.3. The van der Waals surface area contributed by atoms with E-state index < -0.39 is 0 Å². The van der Waals surface area contributed by atoms with Crippen LogP contribution in [0.4, 0.5) is 0 Å². The molecule has 1 aliphatic carbocycles. The average molecular weight is 358 g/mol. The van der Waals surface area contributed by atoms with Crippen molar-refractivity contribution in [3.8, 4) is 16.9 Å². The summed E-state index contributed by atoms with van der Waals surface area (Å²) >= 11 is 0. The molecular weight excluding hydrogens is 331 g/mol. The van der Waals surface area contributed by atoms with Crippen LogP contribution in [-0.2, 0) is 5.41 Å². The van der Waals surface area contributed by atoms with Crippen molar-refractivity contribution < 1.29 is 9.76 Å². The van der Waals surface area contributed by atoms with Gasteiger partial charge >= 0.3 is 7.48 Å². The normalized spacial score (nSPS) is 16.3. The van der Waals surface area contributed by atoms with Crippen molar-refractivity contribution in [1.82, 2.24) is 0 Å². The molecule has 1 N–H and O–H groups in total. The highest BCUT2D eigenvalue weighted by Crippen LogP contribution is 2.44. The van der Waals surface area contributed by atoms with Crippen LogP contribution in [0.15, 0.2) is 54.6 Å². The molecule has 0 spiro atoms. The predicted octanol–water partition coefficient (Wildman–Crippen LogP) is 4.71. The number of ether oxygens (including phenoxy) is 1. The lowest BCUT2D eigenvalue weighted by Crippen LogP contribution is -2.25. The molecule has 0 saturated heterocycles. The quantitative estimate of drug-likeness (QED) is 0.685. The van der Waals surface area contributed by atoms with E-state index in [1.165, 1.54) is 59.6 Å². The van der Waals surface area contributed by atoms with Crippen LogP contribution in [0.25, 0.3) is 21.9 Å². The minimum atomic E-state index is 0.0815. The Morgan fingerprint density at radius 3 is 2.26 bits per heavy atom. The SMILES string of the molecule is COc1ccc(-c2ccc3cc(BO)ccc3c2)cc1C1(C)CCCCC1. The Labute approximate surface area is 162 Å². The summed E-state index contributed by atoms with van der Waals surface area (Å²) in [4.78, 5) is 0. The standard InChI is InChI=1S/C24H27BO2/c1-24(12-4-3-5-13-24)22-16-20(9-11-23(22)27-2)17-6-7-19-15-21(25-26)10-8-18(19)14-17/h6-11,14-16,25-26H,3-5,12-13H2,1-2H3. The number of hydrogen-bond acceptors (Lipinski definition) is 2. The summed E-state index contributed by atoms with van der Waals surface area (Å²) in [6.07, 6.45) is 6.40. The van der Waals surface area contributed by atoms with Crippen LogP contribution in [0.2, 0.25) is 0 Å². The first-order valence-electron chi connectivity index (χ1n) is 9.95. The van der Waals surface area contributed by atoms with E-state index in [1.54, 1.807) is 7.11 Å². The second kappa shape index (κ2) is 7.40. The molecule has 4 rings (SSSR count). The Kier molecular flexibility index (Phi) is 4.97. The fourth-order valence-electron chi connectivity index (χ4n) is 4.53. The number of fused-ring (bicyclic) bond motifs is 1. The average Bonchev–Trinajstić information content (AvgIpc) is 2.73. The zero-order valence-electron chi connectivity index (χ0n) is 16.3. The molecule has 0 aromatic heterocycles. The van der Waals surface area contributed by atoms with Crippen LogP contribution in [-0.4, -0.2) is 19.6 Å². The fourth-order valence-corrected chi connectivity index (χ4v) is 4.53. The minimum Gasteiger partial charge on any atom is -0.496 e. The van der Waals surface area contributed by atoms with Gasteiger partial charge in [-0.2, -0.15) is 0 Å². The first-order valence-corrected chi connectivity index (χ1v) is 9.95. The van der Waals surface area contributed by atoms with Crippen LogP contribution in [0.3, 0.4) is 0 Å². The molecule has 0 amide bonds. The highest BCUT2D eigenvalue weighted by Gasteiger charge is 2.31. The monoisotopic (exact) mass is 358 g/mol. The predicted molar refractivity (Wildman–Crippen MR) is 115 cm³/mol. The van der Waals surface area contributed by atoms with Gasteiger partial charge in [-0.25, -0.2) is 0 Å². The van der Waals surface area contributed by atoms with E-state index >= 15 is 0 Å². The van der Waals surface area contributed by atoms with Crippen molar-refractivity contribution in [3.63, 3.8) is 0 Å². The highest BCUT2D eigenvalue weighted by molar-refractivity contribution is 6.46. The molecule has 3 heteroatoms. The summed E-state index contributed by atoms with van der Waals surface area (Å²) in [7, 11) is 1.86. The van der Waals surface area contributed by atoms with E-state index in [0.717, 1.165) is 11.2 Å². The molecule has 2 nitrogen and oxygen atoms in total. The van der Waals surface area contributed by atoms with Crippen molar-refractivity contribution in [2.24, 2.45) is 0 Å². The van der Waals surface area contributed by atoms with E-state index in [1.807, 2.05) is 6.07 Å². The second-order valence-corrected chi connectivity index (χ2v) is 8.09. The Hall–Kier alpha value is -2.26. The smallest absolute Gasteiger partial charge is 0.304 e. The van der Waals surface area contributed by atoms with Crippen molar-refractivity contribution in [2.75, 3.05) is 7.11 Å². The number of hydrogen-bond donors (Lipinski definition) is 1. The third-order valence-electron chi connectivity index (χ3n) is 6.23.